The van der Waals surface area contributed by atoms with E-state index in [1.807, 2.05) is 13.1 Å². The molecule has 0 aliphatic carbocycles. The van der Waals surface area contributed by atoms with Gasteiger partial charge in [-0.25, -0.2) is 0 Å². The summed E-state index contributed by atoms with van der Waals surface area (Å²) in [6, 6.07) is 26.6. The molecule has 1 saturated heterocycles. The van der Waals surface area contributed by atoms with Crippen molar-refractivity contribution in [3.05, 3.63) is 89.5 Å². The summed E-state index contributed by atoms with van der Waals surface area (Å²) in [5.74, 6) is 0. The molecule has 1 fully saturated rings. The van der Waals surface area contributed by atoms with Crippen molar-refractivity contribution in [2.75, 3.05) is 13.2 Å². The van der Waals surface area contributed by atoms with Crippen molar-refractivity contribution in [2.45, 2.75) is 38.8 Å². The SMILES string of the molecule is C/C=N/c1ccc(CNC2CCOCC2)cc1Cc1ccc(-c2ccccc2)cc1. The maximum Gasteiger partial charge on any atom is 0.0661 e. The van der Waals surface area contributed by atoms with Crippen LogP contribution in [0, 0.1) is 0 Å². The van der Waals surface area contributed by atoms with Crippen LogP contribution >= 0.6 is 0 Å². The Hall–Kier alpha value is -2.75. The van der Waals surface area contributed by atoms with E-state index in [0.29, 0.717) is 6.04 Å². The lowest BCUT2D eigenvalue weighted by Crippen LogP contribution is -2.34. The lowest BCUT2D eigenvalue weighted by atomic mass is 9.98. The standard InChI is InChI=1S/C27H30N2O/c1-2-28-27-13-10-22(20-29-26-14-16-30-17-15-26)19-25(27)18-21-8-11-24(12-9-21)23-6-4-3-5-7-23/h2-13,19,26,29H,14-18,20H2,1H3/b28-2+. The van der Waals surface area contributed by atoms with Gasteiger partial charge >= 0.3 is 0 Å². The maximum absolute atomic E-state index is 5.46. The van der Waals surface area contributed by atoms with Crippen molar-refractivity contribution in [1.82, 2.24) is 5.32 Å². The number of aliphatic imine (C=N–C) groups is 1. The number of nitrogens with one attached hydrogen (secondary N) is 1. The van der Waals surface area contributed by atoms with Gasteiger partial charge in [-0.15, -0.1) is 0 Å². The zero-order valence-corrected chi connectivity index (χ0v) is 17.7. The van der Waals surface area contributed by atoms with Crippen molar-refractivity contribution < 1.29 is 4.74 Å². The zero-order chi connectivity index (χ0) is 20.6. The van der Waals surface area contributed by atoms with Crippen LogP contribution in [-0.4, -0.2) is 25.5 Å². The van der Waals surface area contributed by atoms with E-state index in [4.69, 9.17) is 4.74 Å². The molecule has 4 rings (SSSR count). The van der Waals surface area contributed by atoms with Gasteiger partial charge < -0.3 is 10.1 Å². The molecular formula is C27H30N2O. The van der Waals surface area contributed by atoms with Gasteiger partial charge in [0.05, 0.1) is 5.69 Å². The Morgan fingerprint density at radius 3 is 2.33 bits per heavy atom. The van der Waals surface area contributed by atoms with Crippen LogP contribution in [0.5, 0.6) is 0 Å². The summed E-state index contributed by atoms with van der Waals surface area (Å²) in [6.07, 6.45) is 4.95. The highest BCUT2D eigenvalue weighted by Crippen LogP contribution is 2.26. The minimum Gasteiger partial charge on any atom is -0.381 e. The number of ether oxygens (including phenoxy) is 1. The molecular weight excluding hydrogens is 368 g/mol. The molecule has 0 bridgehead atoms. The van der Waals surface area contributed by atoms with E-state index < -0.39 is 0 Å². The first kappa shape index (κ1) is 20.5. The molecule has 3 aromatic rings. The highest BCUT2D eigenvalue weighted by atomic mass is 16.5. The second-order valence-corrected chi connectivity index (χ2v) is 7.86. The largest absolute Gasteiger partial charge is 0.381 e. The minimum absolute atomic E-state index is 0.557. The second kappa shape index (κ2) is 10.3. The molecule has 1 N–H and O–H groups in total. The summed E-state index contributed by atoms with van der Waals surface area (Å²) < 4.78 is 5.46. The molecule has 0 saturated carbocycles. The van der Waals surface area contributed by atoms with Crippen molar-refractivity contribution in [2.24, 2.45) is 4.99 Å². The quantitative estimate of drug-likeness (QED) is 0.500. The van der Waals surface area contributed by atoms with Gasteiger partial charge in [-0.3, -0.25) is 4.99 Å². The fraction of sp³-hybridized carbons (Fsp3) is 0.296. The van der Waals surface area contributed by atoms with E-state index in [2.05, 4.69) is 83.1 Å². The summed E-state index contributed by atoms with van der Waals surface area (Å²) in [4.78, 5) is 4.60. The van der Waals surface area contributed by atoms with Crippen molar-refractivity contribution in [3.8, 4) is 11.1 Å². The molecule has 3 nitrogen and oxygen atoms in total. The Kier molecular flexibility index (Phi) is 7.07. The Morgan fingerprint density at radius 2 is 1.60 bits per heavy atom. The van der Waals surface area contributed by atoms with Gasteiger partial charge in [-0.2, -0.15) is 0 Å². The van der Waals surface area contributed by atoms with E-state index in [0.717, 1.165) is 44.7 Å². The molecule has 0 unspecified atom stereocenters. The molecule has 0 atom stereocenters. The first-order valence-electron chi connectivity index (χ1n) is 10.9. The van der Waals surface area contributed by atoms with Gasteiger partial charge in [0.1, 0.15) is 0 Å². The molecule has 0 radical (unpaired) electrons. The van der Waals surface area contributed by atoms with Crippen LogP contribution in [0.25, 0.3) is 11.1 Å². The van der Waals surface area contributed by atoms with Gasteiger partial charge in [-0.1, -0.05) is 66.7 Å². The molecule has 0 spiro atoms. The third-order valence-corrected chi connectivity index (χ3v) is 5.68. The van der Waals surface area contributed by atoms with Crippen LogP contribution < -0.4 is 5.32 Å². The maximum atomic E-state index is 5.46. The number of benzene rings is 3. The monoisotopic (exact) mass is 398 g/mol. The van der Waals surface area contributed by atoms with Gasteiger partial charge in [0.2, 0.25) is 0 Å². The van der Waals surface area contributed by atoms with Crippen LogP contribution in [0.1, 0.15) is 36.5 Å². The number of hydrogen-bond acceptors (Lipinski definition) is 3. The van der Waals surface area contributed by atoms with Crippen LogP contribution in [0.3, 0.4) is 0 Å². The zero-order valence-electron chi connectivity index (χ0n) is 17.7. The molecule has 0 amide bonds. The summed E-state index contributed by atoms with van der Waals surface area (Å²) in [7, 11) is 0. The number of nitrogens with zero attached hydrogens (tertiary/aromatic N) is 1. The van der Waals surface area contributed by atoms with E-state index in [1.165, 1.54) is 27.8 Å². The van der Waals surface area contributed by atoms with Gasteiger partial charge in [0.15, 0.2) is 0 Å². The summed E-state index contributed by atoms with van der Waals surface area (Å²) >= 11 is 0. The van der Waals surface area contributed by atoms with Crippen LogP contribution in [0.4, 0.5) is 5.69 Å². The van der Waals surface area contributed by atoms with Crippen molar-refractivity contribution in [1.29, 1.82) is 0 Å². The average molecular weight is 399 g/mol. The van der Waals surface area contributed by atoms with Crippen LogP contribution in [0.2, 0.25) is 0 Å². The van der Waals surface area contributed by atoms with E-state index in [9.17, 15) is 0 Å². The lowest BCUT2D eigenvalue weighted by Gasteiger charge is -2.23. The normalized spacial score (nSPS) is 15.0. The lowest BCUT2D eigenvalue weighted by molar-refractivity contribution is 0.0776. The Morgan fingerprint density at radius 1 is 0.900 bits per heavy atom. The molecule has 154 valence electrons. The first-order valence-corrected chi connectivity index (χ1v) is 10.9. The highest BCUT2D eigenvalue weighted by Gasteiger charge is 2.13. The topological polar surface area (TPSA) is 33.6 Å². The van der Waals surface area contributed by atoms with Crippen LogP contribution in [0.15, 0.2) is 77.8 Å². The average Bonchev–Trinajstić information content (AvgIpc) is 2.81. The smallest absolute Gasteiger partial charge is 0.0661 e. The van der Waals surface area contributed by atoms with Gasteiger partial charge in [0, 0.05) is 32.0 Å². The first-order chi connectivity index (χ1) is 14.8. The van der Waals surface area contributed by atoms with Crippen molar-refractivity contribution >= 4 is 11.9 Å². The summed E-state index contributed by atoms with van der Waals surface area (Å²) in [5.41, 5.74) is 7.44. The Labute approximate surface area is 179 Å². The molecule has 0 aromatic heterocycles. The van der Waals surface area contributed by atoms with Crippen molar-refractivity contribution in [3.63, 3.8) is 0 Å². The predicted octanol–water partition coefficient (Wildman–Crippen LogP) is 5.94. The Bertz CT molecular complexity index is 958. The summed E-state index contributed by atoms with van der Waals surface area (Å²) in [5, 5.41) is 3.69. The summed E-state index contributed by atoms with van der Waals surface area (Å²) in [6.45, 7) is 4.60. The molecule has 1 aliphatic rings. The fourth-order valence-corrected chi connectivity index (χ4v) is 3.98. The predicted molar refractivity (Wildman–Crippen MR) is 126 cm³/mol. The van der Waals surface area contributed by atoms with Gasteiger partial charge in [-0.05, 0) is 60.1 Å². The molecule has 30 heavy (non-hydrogen) atoms. The van der Waals surface area contributed by atoms with Gasteiger partial charge in [0.25, 0.3) is 0 Å². The third-order valence-electron chi connectivity index (χ3n) is 5.68. The minimum atomic E-state index is 0.557. The molecule has 3 heteroatoms. The second-order valence-electron chi connectivity index (χ2n) is 7.86. The van der Waals surface area contributed by atoms with E-state index in [1.54, 1.807) is 0 Å². The molecule has 1 heterocycles. The number of rotatable bonds is 7. The van der Waals surface area contributed by atoms with E-state index in [-0.39, 0.29) is 0 Å². The van der Waals surface area contributed by atoms with E-state index >= 15 is 0 Å². The number of hydrogen-bond donors (Lipinski definition) is 1. The Balaban J connectivity index is 1.48. The fourth-order valence-electron chi connectivity index (χ4n) is 3.98. The molecule has 1 aliphatic heterocycles. The third kappa shape index (κ3) is 5.44. The molecule has 3 aromatic carbocycles. The van der Waals surface area contributed by atoms with Crippen LogP contribution in [-0.2, 0) is 17.7 Å². The highest BCUT2D eigenvalue weighted by molar-refractivity contribution is 5.65.